The smallest absolute Gasteiger partial charge is 0.388 e. The van der Waals surface area contributed by atoms with Crippen LogP contribution in [0.2, 0.25) is 0 Å². The van der Waals surface area contributed by atoms with Crippen LogP contribution in [0.3, 0.4) is 0 Å². The quantitative estimate of drug-likeness (QED) is 0.289. The average molecular weight is 324 g/mol. The molecule has 11 nitrogen and oxygen atoms in total. The molecule has 0 aromatic rings. The second kappa shape index (κ2) is 6.25. The average Bonchev–Trinajstić information content (AvgIpc) is 2.49. The lowest BCUT2D eigenvalue weighted by Gasteiger charge is -2.15. The lowest BCUT2D eigenvalue weighted by Crippen LogP contribution is -2.35. The van der Waals surface area contributed by atoms with Gasteiger partial charge in [-0.05, 0) is 0 Å². The standard InChI is InChI=1S/C6H14O11P2/c7-5-3(1-15-18(9,10)11)17-4(6(5)8)2-16-19(12,13)14/h3-8H,1-2H2,(H2,9,10,11)(H2,12,13,14)/t3-,4+,5-,6+. The summed E-state index contributed by atoms with van der Waals surface area (Å²) in [4.78, 5) is 33.9. The number of phosphoric acid groups is 2. The molecule has 4 atom stereocenters. The van der Waals surface area contributed by atoms with Gasteiger partial charge in [0.05, 0.1) is 13.2 Å². The van der Waals surface area contributed by atoms with Crippen molar-refractivity contribution in [3.8, 4) is 0 Å². The lowest BCUT2D eigenvalue weighted by molar-refractivity contribution is -0.0382. The molecule has 19 heavy (non-hydrogen) atoms. The van der Waals surface area contributed by atoms with E-state index in [4.69, 9.17) is 24.3 Å². The molecule has 0 radical (unpaired) electrons. The molecule has 0 bridgehead atoms. The number of hydrogen-bond donors (Lipinski definition) is 6. The molecular formula is C6H14O11P2. The number of rotatable bonds is 6. The summed E-state index contributed by atoms with van der Waals surface area (Å²) in [7, 11) is -9.51. The predicted octanol–water partition coefficient (Wildman–Crippen LogP) is -2.31. The van der Waals surface area contributed by atoms with Crippen LogP contribution in [-0.4, -0.2) is 67.4 Å². The zero-order chi connectivity index (χ0) is 14.8. The van der Waals surface area contributed by atoms with E-state index < -0.39 is 53.3 Å². The summed E-state index contributed by atoms with van der Waals surface area (Å²) in [5, 5.41) is 19.0. The fourth-order valence-corrected chi connectivity index (χ4v) is 2.12. The molecule has 0 spiro atoms. The van der Waals surface area contributed by atoms with E-state index in [9.17, 15) is 19.3 Å². The highest BCUT2D eigenvalue weighted by molar-refractivity contribution is 7.46. The molecule has 114 valence electrons. The number of phosphoric ester groups is 2. The van der Waals surface area contributed by atoms with Gasteiger partial charge in [0.15, 0.2) is 0 Å². The lowest BCUT2D eigenvalue weighted by atomic mass is 10.1. The summed E-state index contributed by atoms with van der Waals surface area (Å²) < 4.78 is 34.1. The Kier molecular flexibility index (Phi) is 5.64. The summed E-state index contributed by atoms with van der Waals surface area (Å²) in [6.45, 7) is -1.40. The Morgan fingerprint density at radius 3 is 1.42 bits per heavy atom. The Morgan fingerprint density at radius 2 is 1.16 bits per heavy atom. The third kappa shape index (κ3) is 5.94. The molecular weight excluding hydrogens is 310 g/mol. The molecule has 1 heterocycles. The van der Waals surface area contributed by atoms with Gasteiger partial charge in [0.2, 0.25) is 0 Å². The highest BCUT2D eigenvalue weighted by atomic mass is 31.2. The van der Waals surface area contributed by atoms with Crippen LogP contribution in [0.4, 0.5) is 0 Å². The first-order valence-corrected chi connectivity index (χ1v) is 7.97. The topological polar surface area (TPSA) is 183 Å². The van der Waals surface area contributed by atoms with E-state index in [0.29, 0.717) is 0 Å². The van der Waals surface area contributed by atoms with Gasteiger partial charge in [0, 0.05) is 0 Å². The molecule has 0 aromatic carbocycles. The van der Waals surface area contributed by atoms with E-state index in [1.165, 1.54) is 0 Å². The second-order valence-corrected chi connectivity index (χ2v) is 6.25. The van der Waals surface area contributed by atoms with Crippen molar-refractivity contribution in [2.45, 2.75) is 24.4 Å². The summed E-state index contributed by atoms with van der Waals surface area (Å²) in [6.07, 6.45) is -5.57. The molecule has 1 rings (SSSR count). The van der Waals surface area contributed by atoms with Crippen LogP contribution in [0.1, 0.15) is 0 Å². The Morgan fingerprint density at radius 1 is 0.842 bits per heavy atom. The molecule has 0 saturated carbocycles. The number of aliphatic hydroxyl groups is 2. The zero-order valence-electron chi connectivity index (χ0n) is 9.34. The summed E-state index contributed by atoms with van der Waals surface area (Å²) in [6, 6.07) is 0. The molecule has 1 saturated heterocycles. The van der Waals surface area contributed by atoms with Crippen LogP contribution in [0.15, 0.2) is 0 Å². The van der Waals surface area contributed by atoms with E-state index in [0.717, 1.165) is 0 Å². The molecule has 1 aliphatic heterocycles. The molecule has 0 aromatic heterocycles. The van der Waals surface area contributed by atoms with Crippen LogP contribution < -0.4 is 0 Å². The van der Waals surface area contributed by atoms with Gasteiger partial charge in [-0.25, -0.2) is 9.13 Å². The van der Waals surface area contributed by atoms with Crippen molar-refractivity contribution < 1.29 is 52.7 Å². The van der Waals surface area contributed by atoms with E-state index in [1.54, 1.807) is 0 Å². The number of hydrogen-bond acceptors (Lipinski definition) is 7. The van der Waals surface area contributed by atoms with Gasteiger partial charge in [-0.3, -0.25) is 9.05 Å². The van der Waals surface area contributed by atoms with Crippen LogP contribution in [0, 0.1) is 0 Å². The molecule has 1 aliphatic rings. The number of aliphatic hydroxyl groups excluding tert-OH is 2. The Labute approximate surface area is 107 Å². The third-order valence-electron chi connectivity index (χ3n) is 2.28. The Bertz CT molecular complexity index is 351. The molecule has 13 heteroatoms. The molecule has 1 fully saturated rings. The van der Waals surface area contributed by atoms with Gasteiger partial charge in [-0.2, -0.15) is 0 Å². The predicted molar refractivity (Wildman–Crippen MR) is 56.7 cm³/mol. The first kappa shape index (κ1) is 17.2. The van der Waals surface area contributed by atoms with Gasteiger partial charge in [0.1, 0.15) is 24.4 Å². The van der Waals surface area contributed by atoms with E-state index in [2.05, 4.69) is 9.05 Å². The van der Waals surface area contributed by atoms with Crippen molar-refractivity contribution in [3.63, 3.8) is 0 Å². The van der Waals surface area contributed by atoms with E-state index >= 15 is 0 Å². The monoisotopic (exact) mass is 324 g/mol. The molecule has 6 N–H and O–H groups in total. The summed E-state index contributed by atoms with van der Waals surface area (Å²) >= 11 is 0. The second-order valence-electron chi connectivity index (χ2n) is 3.77. The molecule has 0 aliphatic carbocycles. The van der Waals surface area contributed by atoms with Crippen molar-refractivity contribution in [2.24, 2.45) is 0 Å². The zero-order valence-corrected chi connectivity index (χ0v) is 11.1. The van der Waals surface area contributed by atoms with Crippen molar-refractivity contribution >= 4 is 15.6 Å². The van der Waals surface area contributed by atoms with E-state index in [-0.39, 0.29) is 0 Å². The molecule has 0 unspecified atom stereocenters. The maximum Gasteiger partial charge on any atom is 0.469 e. The first-order chi connectivity index (χ1) is 8.49. The van der Waals surface area contributed by atoms with Crippen molar-refractivity contribution in [2.75, 3.05) is 13.2 Å². The fraction of sp³-hybridized carbons (Fsp3) is 1.00. The maximum absolute atomic E-state index is 10.5. The highest BCUT2D eigenvalue weighted by Gasteiger charge is 2.44. The minimum absolute atomic E-state index is 0.699. The maximum atomic E-state index is 10.5. The Hall–Kier alpha value is 0.1000. The van der Waals surface area contributed by atoms with Gasteiger partial charge < -0.3 is 34.5 Å². The van der Waals surface area contributed by atoms with Crippen LogP contribution >= 0.6 is 15.6 Å². The first-order valence-electron chi connectivity index (χ1n) is 4.91. The van der Waals surface area contributed by atoms with E-state index in [1.807, 2.05) is 0 Å². The van der Waals surface area contributed by atoms with Gasteiger partial charge >= 0.3 is 15.6 Å². The largest absolute Gasteiger partial charge is 0.469 e. The van der Waals surface area contributed by atoms with Crippen molar-refractivity contribution in [3.05, 3.63) is 0 Å². The van der Waals surface area contributed by atoms with Crippen LogP contribution in [-0.2, 0) is 22.9 Å². The van der Waals surface area contributed by atoms with Crippen LogP contribution in [0.25, 0.3) is 0 Å². The van der Waals surface area contributed by atoms with Crippen molar-refractivity contribution in [1.82, 2.24) is 0 Å². The SMILES string of the molecule is O=P(O)(O)OC[C@@H]1O[C@H](COP(=O)(O)O)[C@@H](O)[C@H]1O. The van der Waals surface area contributed by atoms with Gasteiger partial charge in [0.25, 0.3) is 0 Å². The Balaban J connectivity index is 2.51. The number of ether oxygens (including phenoxy) is 1. The summed E-state index contributed by atoms with van der Waals surface area (Å²) in [5.41, 5.74) is 0. The van der Waals surface area contributed by atoms with Gasteiger partial charge in [-0.15, -0.1) is 0 Å². The summed E-state index contributed by atoms with van der Waals surface area (Å²) in [5.74, 6) is 0. The minimum atomic E-state index is -4.75. The third-order valence-corrected chi connectivity index (χ3v) is 3.25. The van der Waals surface area contributed by atoms with Crippen LogP contribution in [0.5, 0.6) is 0 Å². The fourth-order valence-electron chi connectivity index (χ4n) is 1.44. The highest BCUT2D eigenvalue weighted by Crippen LogP contribution is 2.39. The minimum Gasteiger partial charge on any atom is -0.388 e. The normalized spacial score (nSPS) is 32.7. The van der Waals surface area contributed by atoms with Gasteiger partial charge in [-0.1, -0.05) is 0 Å². The van der Waals surface area contributed by atoms with Crippen molar-refractivity contribution in [1.29, 1.82) is 0 Å². The molecule has 0 amide bonds.